The monoisotopic (exact) mass is 246 g/mol. The van der Waals surface area contributed by atoms with Crippen LogP contribution in [0.1, 0.15) is 11.6 Å². The second kappa shape index (κ2) is 4.15. The Morgan fingerprint density at radius 1 is 1.29 bits per heavy atom. The minimum atomic E-state index is -4.74. The molecule has 1 saturated heterocycles. The maximum atomic E-state index is 12.2. The summed E-state index contributed by atoms with van der Waals surface area (Å²) in [5.74, 6) is -0.297. The molecule has 1 aromatic carbocycles. The number of ether oxygens (including phenoxy) is 1. The molecule has 0 saturated carbocycles. The summed E-state index contributed by atoms with van der Waals surface area (Å²) >= 11 is 0. The predicted molar refractivity (Wildman–Crippen MR) is 52.4 cm³/mol. The highest BCUT2D eigenvalue weighted by molar-refractivity contribution is 5.77. The van der Waals surface area contributed by atoms with Crippen LogP contribution in [0, 0.1) is 0 Å². The quantitative estimate of drug-likeness (QED) is 0.837. The number of nitrogens with one attached hydrogen (secondary N) is 2. The Bertz CT molecular complexity index is 434. The van der Waals surface area contributed by atoms with Crippen molar-refractivity contribution in [1.82, 2.24) is 10.6 Å². The van der Waals surface area contributed by atoms with Gasteiger partial charge in [-0.25, -0.2) is 4.79 Å². The highest BCUT2D eigenvalue weighted by Crippen LogP contribution is 2.30. The molecule has 0 spiro atoms. The van der Waals surface area contributed by atoms with Crippen LogP contribution in [0.15, 0.2) is 24.3 Å². The van der Waals surface area contributed by atoms with Crippen molar-refractivity contribution in [2.24, 2.45) is 0 Å². The van der Waals surface area contributed by atoms with E-state index in [1.807, 2.05) is 0 Å². The molecule has 0 aliphatic carbocycles. The minimum Gasteiger partial charge on any atom is -0.405 e. The largest absolute Gasteiger partial charge is 0.573 e. The van der Waals surface area contributed by atoms with Crippen LogP contribution >= 0.6 is 0 Å². The lowest BCUT2D eigenvalue weighted by Gasteiger charge is -2.16. The standard InChI is InChI=1S/C10H9F3N2O2/c11-10(12,13)17-8-4-2-1-3-6(8)7-5-14-9(16)15-7/h1-4,7H,5H2,(H2,14,15,16)/t7-/m1/s1. The van der Waals surface area contributed by atoms with Crippen molar-refractivity contribution in [3.05, 3.63) is 29.8 Å². The lowest BCUT2D eigenvalue weighted by molar-refractivity contribution is -0.275. The molecular weight excluding hydrogens is 237 g/mol. The Kier molecular flexibility index (Phi) is 2.83. The van der Waals surface area contributed by atoms with Crippen LogP contribution in [0.25, 0.3) is 0 Å². The van der Waals surface area contributed by atoms with Crippen molar-refractivity contribution in [1.29, 1.82) is 0 Å². The molecule has 1 aromatic rings. The van der Waals surface area contributed by atoms with Gasteiger partial charge in [0, 0.05) is 12.1 Å². The molecule has 1 fully saturated rings. The molecule has 1 aliphatic rings. The summed E-state index contributed by atoms with van der Waals surface area (Å²) < 4.78 is 40.4. The van der Waals surface area contributed by atoms with E-state index >= 15 is 0 Å². The maximum Gasteiger partial charge on any atom is 0.573 e. The number of halogens is 3. The number of carbonyl (C=O) groups excluding carboxylic acids is 1. The van der Waals surface area contributed by atoms with Crippen molar-refractivity contribution in [3.8, 4) is 5.75 Å². The number of alkyl halides is 3. The minimum absolute atomic E-state index is 0.233. The van der Waals surface area contributed by atoms with Gasteiger partial charge in [0.05, 0.1) is 6.04 Å². The molecule has 7 heteroatoms. The van der Waals surface area contributed by atoms with Gasteiger partial charge in [-0.2, -0.15) is 0 Å². The number of para-hydroxylation sites is 1. The van der Waals surface area contributed by atoms with Gasteiger partial charge in [-0.05, 0) is 6.07 Å². The normalized spacial score (nSPS) is 19.7. The van der Waals surface area contributed by atoms with Gasteiger partial charge in [0.25, 0.3) is 0 Å². The fraction of sp³-hybridized carbons (Fsp3) is 0.300. The zero-order chi connectivity index (χ0) is 12.5. The van der Waals surface area contributed by atoms with Crippen LogP contribution in [0.5, 0.6) is 5.75 Å². The Morgan fingerprint density at radius 3 is 2.59 bits per heavy atom. The highest BCUT2D eigenvalue weighted by Gasteiger charge is 2.33. The number of urea groups is 1. The lowest BCUT2D eigenvalue weighted by Crippen LogP contribution is -2.23. The second-order valence-corrected chi connectivity index (χ2v) is 3.49. The molecule has 17 heavy (non-hydrogen) atoms. The molecule has 0 unspecified atom stereocenters. The van der Waals surface area contributed by atoms with E-state index in [0.29, 0.717) is 5.56 Å². The summed E-state index contributed by atoms with van der Waals surface area (Å²) in [6.07, 6.45) is -4.74. The summed E-state index contributed by atoms with van der Waals surface area (Å²) in [7, 11) is 0. The van der Waals surface area contributed by atoms with Gasteiger partial charge in [0.15, 0.2) is 0 Å². The molecule has 2 amide bonds. The summed E-state index contributed by atoms with van der Waals surface area (Å²) in [4.78, 5) is 10.9. The van der Waals surface area contributed by atoms with E-state index in [0.717, 1.165) is 0 Å². The first-order valence-corrected chi connectivity index (χ1v) is 4.85. The zero-order valence-corrected chi connectivity index (χ0v) is 8.54. The number of benzene rings is 1. The van der Waals surface area contributed by atoms with Crippen molar-refractivity contribution in [3.63, 3.8) is 0 Å². The third-order valence-electron chi connectivity index (χ3n) is 2.29. The first kappa shape index (κ1) is 11.6. The third kappa shape index (κ3) is 2.80. The summed E-state index contributed by atoms with van der Waals surface area (Å²) in [6, 6.07) is 4.81. The molecule has 92 valence electrons. The van der Waals surface area contributed by atoms with E-state index in [1.54, 1.807) is 6.07 Å². The van der Waals surface area contributed by atoms with Gasteiger partial charge in [0.1, 0.15) is 5.75 Å². The molecule has 1 heterocycles. The second-order valence-electron chi connectivity index (χ2n) is 3.49. The van der Waals surface area contributed by atoms with E-state index in [1.165, 1.54) is 18.2 Å². The van der Waals surface area contributed by atoms with Gasteiger partial charge in [0.2, 0.25) is 0 Å². The van der Waals surface area contributed by atoms with E-state index in [-0.39, 0.29) is 12.3 Å². The molecule has 1 aliphatic heterocycles. The predicted octanol–water partition coefficient (Wildman–Crippen LogP) is 1.94. The zero-order valence-electron chi connectivity index (χ0n) is 8.54. The Morgan fingerprint density at radius 2 is 2.00 bits per heavy atom. The fourth-order valence-electron chi connectivity index (χ4n) is 1.63. The average Bonchev–Trinajstić information content (AvgIpc) is 2.63. The molecular formula is C10H9F3N2O2. The van der Waals surface area contributed by atoms with Crippen LogP contribution in [0.3, 0.4) is 0 Å². The summed E-state index contributed by atoms with van der Waals surface area (Å²) in [5, 5.41) is 4.97. The van der Waals surface area contributed by atoms with Gasteiger partial charge in [-0.1, -0.05) is 18.2 Å². The number of carbonyl (C=O) groups is 1. The van der Waals surface area contributed by atoms with E-state index in [2.05, 4.69) is 15.4 Å². The lowest BCUT2D eigenvalue weighted by atomic mass is 10.1. The highest BCUT2D eigenvalue weighted by atomic mass is 19.4. The fourth-order valence-corrected chi connectivity index (χ4v) is 1.63. The molecule has 1 atom stereocenters. The van der Waals surface area contributed by atoms with Crippen LogP contribution < -0.4 is 15.4 Å². The average molecular weight is 246 g/mol. The van der Waals surface area contributed by atoms with E-state index < -0.39 is 18.4 Å². The smallest absolute Gasteiger partial charge is 0.405 e. The Hall–Kier alpha value is -1.92. The molecule has 2 rings (SSSR count). The van der Waals surface area contributed by atoms with Crippen LogP contribution in [-0.4, -0.2) is 18.9 Å². The first-order valence-electron chi connectivity index (χ1n) is 4.85. The maximum absolute atomic E-state index is 12.2. The topological polar surface area (TPSA) is 50.4 Å². The third-order valence-corrected chi connectivity index (χ3v) is 2.29. The van der Waals surface area contributed by atoms with Crippen molar-refractivity contribution in [2.75, 3.05) is 6.54 Å². The summed E-state index contributed by atoms with van der Waals surface area (Å²) in [5.41, 5.74) is 0.295. The molecule has 2 N–H and O–H groups in total. The van der Waals surface area contributed by atoms with Crippen molar-refractivity contribution in [2.45, 2.75) is 12.4 Å². The van der Waals surface area contributed by atoms with Crippen molar-refractivity contribution < 1.29 is 22.7 Å². The Balaban J connectivity index is 2.24. The van der Waals surface area contributed by atoms with Crippen LogP contribution in [-0.2, 0) is 0 Å². The van der Waals surface area contributed by atoms with Gasteiger partial charge >= 0.3 is 12.4 Å². The van der Waals surface area contributed by atoms with E-state index in [4.69, 9.17) is 0 Å². The molecule has 0 bridgehead atoms. The van der Waals surface area contributed by atoms with Gasteiger partial charge < -0.3 is 15.4 Å². The van der Waals surface area contributed by atoms with Gasteiger partial charge in [-0.15, -0.1) is 13.2 Å². The molecule has 0 aromatic heterocycles. The first-order chi connectivity index (χ1) is 7.96. The SMILES string of the molecule is O=C1NC[C@H](c2ccccc2OC(F)(F)F)N1. The van der Waals surface area contributed by atoms with Crippen LogP contribution in [0.2, 0.25) is 0 Å². The number of hydrogen-bond acceptors (Lipinski definition) is 2. The van der Waals surface area contributed by atoms with Crippen LogP contribution in [0.4, 0.5) is 18.0 Å². The molecule has 4 nitrogen and oxygen atoms in total. The Labute approximate surface area is 94.8 Å². The van der Waals surface area contributed by atoms with E-state index in [9.17, 15) is 18.0 Å². The number of hydrogen-bond donors (Lipinski definition) is 2. The number of amides is 2. The number of rotatable bonds is 2. The van der Waals surface area contributed by atoms with Gasteiger partial charge in [-0.3, -0.25) is 0 Å². The summed E-state index contributed by atoms with van der Waals surface area (Å²) in [6.45, 7) is 0.233. The molecule has 0 radical (unpaired) electrons. The van der Waals surface area contributed by atoms with Crippen molar-refractivity contribution >= 4 is 6.03 Å².